The molecule has 0 bridgehead atoms. The molecule has 4 nitrogen and oxygen atoms in total. The number of ether oxygens (including phenoxy) is 1. The van der Waals surface area contributed by atoms with Gasteiger partial charge < -0.3 is 9.84 Å². The van der Waals surface area contributed by atoms with E-state index in [1.165, 1.54) is 0 Å². The molecule has 0 aromatic carbocycles. The summed E-state index contributed by atoms with van der Waals surface area (Å²) in [5.41, 5.74) is -0.473. The van der Waals surface area contributed by atoms with Crippen molar-refractivity contribution in [3.8, 4) is 0 Å². The minimum atomic E-state index is -0.482. The Balaban J connectivity index is 2.56. The molecule has 16 heavy (non-hydrogen) atoms. The first-order chi connectivity index (χ1) is 7.28. The molecule has 1 heterocycles. The van der Waals surface area contributed by atoms with E-state index in [1.54, 1.807) is 11.8 Å². The molecule has 1 amide bonds. The van der Waals surface area contributed by atoms with Crippen LogP contribution >= 0.6 is 0 Å². The van der Waals surface area contributed by atoms with E-state index in [0.29, 0.717) is 0 Å². The number of hydrogen-bond acceptors (Lipinski definition) is 3. The highest BCUT2D eigenvalue weighted by molar-refractivity contribution is 5.72. The summed E-state index contributed by atoms with van der Waals surface area (Å²) >= 11 is 0. The Kier molecular flexibility index (Phi) is 3.84. The second-order valence-electron chi connectivity index (χ2n) is 5.47. The van der Waals surface area contributed by atoms with Gasteiger partial charge in [0.2, 0.25) is 0 Å². The number of aliphatic hydroxyl groups excluding tert-OH is 1. The topological polar surface area (TPSA) is 49.5 Å². The molecule has 1 aliphatic rings. The molecule has 1 fully saturated rings. The minimum Gasteiger partial charge on any atom is -0.444 e. The van der Waals surface area contributed by atoms with E-state index in [0.717, 1.165) is 12.8 Å². The Morgan fingerprint density at radius 3 is 2.44 bits per heavy atom. The molecule has 0 radical (unpaired) electrons. The monoisotopic (exact) mass is 229 g/mol. The second-order valence-corrected chi connectivity index (χ2v) is 5.47. The van der Waals surface area contributed by atoms with Gasteiger partial charge in [0.15, 0.2) is 0 Å². The standard InChI is InChI=1S/C12H23NO3/c1-6-7-9-10(8(2)14)13(9)11(15)16-12(3,4)5/h8-10,14H,6-7H2,1-5H3/t8-,9+,10-,13?/m0/s1. The van der Waals surface area contributed by atoms with Crippen molar-refractivity contribution in [2.75, 3.05) is 0 Å². The summed E-state index contributed by atoms with van der Waals surface area (Å²) in [6, 6.07) is 0.0923. The van der Waals surface area contributed by atoms with E-state index in [4.69, 9.17) is 4.74 Å². The quantitative estimate of drug-likeness (QED) is 0.754. The molecule has 0 saturated carbocycles. The van der Waals surface area contributed by atoms with Crippen LogP contribution in [0.1, 0.15) is 47.5 Å². The fourth-order valence-electron chi connectivity index (χ4n) is 2.03. The molecule has 0 aliphatic carbocycles. The summed E-state index contributed by atoms with van der Waals surface area (Å²) in [7, 11) is 0. The summed E-state index contributed by atoms with van der Waals surface area (Å²) < 4.78 is 5.29. The van der Waals surface area contributed by atoms with Crippen molar-refractivity contribution in [1.82, 2.24) is 4.90 Å². The maximum Gasteiger partial charge on any atom is 0.411 e. The number of nitrogens with zero attached hydrogens (tertiary/aromatic N) is 1. The van der Waals surface area contributed by atoms with Crippen molar-refractivity contribution in [2.45, 2.75) is 71.2 Å². The van der Waals surface area contributed by atoms with Crippen molar-refractivity contribution in [3.63, 3.8) is 0 Å². The van der Waals surface area contributed by atoms with E-state index in [-0.39, 0.29) is 18.2 Å². The maximum absolute atomic E-state index is 11.8. The van der Waals surface area contributed by atoms with E-state index >= 15 is 0 Å². The van der Waals surface area contributed by atoms with Gasteiger partial charge in [-0.15, -0.1) is 0 Å². The van der Waals surface area contributed by atoms with Crippen LogP contribution in [0.15, 0.2) is 0 Å². The van der Waals surface area contributed by atoms with Gasteiger partial charge in [-0.05, 0) is 34.1 Å². The molecule has 0 spiro atoms. The Hall–Kier alpha value is -0.770. The highest BCUT2D eigenvalue weighted by Gasteiger charge is 2.54. The summed E-state index contributed by atoms with van der Waals surface area (Å²) in [6.07, 6.45) is 1.14. The lowest BCUT2D eigenvalue weighted by Crippen LogP contribution is -2.29. The van der Waals surface area contributed by atoms with E-state index < -0.39 is 11.7 Å². The average Bonchev–Trinajstić information content (AvgIpc) is 2.76. The van der Waals surface area contributed by atoms with Crippen molar-refractivity contribution in [1.29, 1.82) is 0 Å². The van der Waals surface area contributed by atoms with Gasteiger partial charge in [-0.2, -0.15) is 0 Å². The first-order valence-electron chi connectivity index (χ1n) is 5.97. The number of carbonyl (C=O) groups excluding carboxylic acids is 1. The number of carbonyl (C=O) groups is 1. The van der Waals surface area contributed by atoms with Gasteiger partial charge in [-0.25, -0.2) is 4.79 Å². The van der Waals surface area contributed by atoms with Crippen LogP contribution in [0.25, 0.3) is 0 Å². The van der Waals surface area contributed by atoms with E-state index in [1.807, 2.05) is 20.8 Å². The van der Waals surface area contributed by atoms with Crippen LogP contribution in [0, 0.1) is 0 Å². The van der Waals surface area contributed by atoms with E-state index in [9.17, 15) is 9.90 Å². The second kappa shape index (κ2) is 4.62. The van der Waals surface area contributed by atoms with Crippen LogP contribution in [0.3, 0.4) is 0 Å². The largest absolute Gasteiger partial charge is 0.444 e. The zero-order chi connectivity index (χ0) is 12.5. The summed E-state index contributed by atoms with van der Waals surface area (Å²) in [5.74, 6) is 0. The Morgan fingerprint density at radius 1 is 1.50 bits per heavy atom. The lowest BCUT2D eigenvalue weighted by atomic mass is 10.1. The predicted octanol–water partition coefficient (Wildman–Crippen LogP) is 2.16. The third kappa shape index (κ3) is 3.11. The van der Waals surface area contributed by atoms with Gasteiger partial charge in [0.25, 0.3) is 0 Å². The zero-order valence-electron chi connectivity index (χ0n) is 10.9. The van der Waals surface area contributed by atoms with Crippen molar-refractivity contribution in [2.24, 2.45) is 0 Å². The molecule has 0 unspecified atom stereocenters. The first-order valence-corrected chi connectivity index (χ1v) is 5.97. The number of hydrogen-bond donors (Lipinski definition) is 1. The fraction of sp³-hybridized carbons (Fsp3) is 0.917. The summed E-state index contributed by atoms with van der Waals surface area (Å²) in [6.45, 7) is 9.34. The van der Waals surface area contributed by atoms with Crippen molar-refractivity contribution < 1.29 is 14.6 Å². The minimum absolute atomic E-state index is 0.0604. The molecule has 94 valence electrons. The molecule has 0 aromatic rings. The molecular formula is C12H23NO3. The van der Waals surface area contributed by atoms with Gasteiger partial charge in [-0.1, -0.05) is 13.3 Å². The summed E-state index contributed by atoms with van der Waals surface area (Å²) in [5, 5.41) is 9.56. The van der Waals surface area contributed by atoms with Crippen LogP contribution in [-0.2, 0) is 4.74 Å². The zero-order valence-corrected chi connectivity index (χ0v) is 10.9. The maximum atomic E-state index is 11.8. The Bertz CT molecular complexity index is 257. The number of aliphatic hydroxyl groups is 1. The third-order valence-electron chi connectivity index (χ3n) is 2.67. The van der Waals surface area contributed by atoms with Crippen molar-refractivity contribution in [3.05, 3.63) is 0 Å². The average molecular weight is 229 g/mol. The summed E-state index contributed by atoms with van der Waals surface area (Å²) in [4.78, 5) is 13.5. The molecule has 1 aliphatic heterocycles. The Labute approximate surface area is 97.6 Å². The lowest BCUT2D eigenvalue weighted by molar-refractivity contribution is 0.0361. The molecule has 3 atom stereocenters. The van der Waals surface area contributed by atoms with Crippen LogP contribution in [0.4, 0.5) is 4.79 Å². The van der Waals surface area contributed by atoms with Gasteiger partial charge >= 0.3 is 6.09 Å². The Morgan fingerprint density at radius 2 is 2.06 bits per heavy atom. The first kappa shape index (κ1) is 13.3. The van der Waals surface area contributed by atoms with Gasteiger partial charge in [0, 0.05) is 0 Å². The van der Waals surface area contributed by atoms with Crippen LogP contribution in [0.2, 0.25) is 0 Å². The number of rotatable bonds is 3. The third-order valence-corrected chi connectivity index (χ3v) is 2.67. The highest BCUT2D eigenvalue weighted by atomic mass is 16.6. The fourth-order valence-corrected chi connectivity index (χ4v) is 2.03. The van der Waals surface area contributed by atoms with Crippen LogP contribution < -0.4 is 0 Å². The van der Waals surface area contributed by atoms with Crippen LogP contribution in [0.5, 0.6) is 0 Å². The molecule has 1 saturated heterocycles. The lowest BCUT2D eigenvalue weighted by Gasteiger charge is -2.20. The van der Waals surface area contributed by atoms with Crippen LogP contribution in [-0.4, -0.2) is 39.9 Å². The van der Waals surface area contributed by atoms with Gasteiger partial charge in [0.05, 0.1) is 18.2 Å². The highest BCUT2D eigenvalue weighted by Crippen LogP contribution is 2.36. The predicted molar refractivity (Wildman–Crippen MR) is 62.2 cm³/mol. The van der Waals surface area contributed by atoms with Gasteiger partial charge in [0.1, 0.15) is 5.60 Å². The normalized spacial score (nSPS) is 26.5. The molecule has 0 aromatic heterocycles. The molecule has 1 rings (SSSR count). The molecular weight excluding hydrogens is 206 g/mol. The SMILES string of the molecule is CCC[C@@H]1[C@H]([C@H](C)O)N1C(=O)OC(C)(C)C. The molecule has 4 heteroatoms. The number of amides is 1. The van der Waals surface area contributed by atoms with Crippen molar-refractivity contribution >= 4 is 6.09 Å². The molecule has 1 N–H and O–H groups in total. The van der Waals surface area contributed by atoms with E-state index in [2.05, 4.69) is 6.92 Å². The van der Waals surface area contributed by atoms with Gasteiger partial charge in [-0.3, -0.25) is 4.90 Å². The smallest absolute Gasteiger partial charge is 0.411 e.